The number of nitrogens with one attached hydrogen (secondary N) is 1. The summed E-state index contributed by atoms with van der Waals surface area (Å²) in [5.74, 6) is 2.09. The lowest BCUT2D eigenvalue weighted by Crippen LogP contribution is -2.46. The van der Waals surface area contributed by atoms with Crippen LogP contribution < -0.4 is 5.32 Å². The molecule has 1 aliphatic carbocycles. The van der Waals surface area contributed by atoms with Crippen LogP contribution in [0.2, 0.25) is 0 Å². The monoisotopic (exact) mass is 292 g/mol. The Balaban J connectivity index is 1.67. The molecule has 3 rings (SSSR count). The van der Waals surface area contributed by atoms with E-state index >= 15 is 0 Å². The first-order chi connectivity index (χ1) is 9.65. The van der Waals surface area contributed by atoms with Gasteiger partial charge >= 0.3 is 0 Å². The molecule has 0 aromatic carbocycles. The van der Waals surface area contributed by atoms with Gasteiger partial charge < -0.3 is 5.32 Å². The van der Waals surface area contributed by atoms with Crippen LogP contribution in [0.5, 0.6) is 0 Å². The maximum Gasteiger partial charge on any atom is 0.157 e. The number of aromatic nitrogens is 2. The van der Waals surface area contributed by atoms with Gasteiger partial charge in [0, 0.05) is 30.1 Å². The topological polar surface area (TPSA) is 42.2 Å². The van der Waals surface area contributed by atoms with E-state index < -0.39 is 0 Å². The maximum absolute atomic E-state index is 4.79. The van der Waals surface area contributed by atoms with E-state index in [0.717, 1.165) is 23.3 Å². The van der Waals surface area contributed by atoms with Crippen LogP contribution in [0, 0.1) is 19.8 Å². The first kappa shape index (κ1) is 14.0. The number of thioether (sulfide) groups is 1. The Morgan fingerprint density at radius 3 is 2.90 bits per heavy atom. The van der Waals surface area contributed by atoms with Crippen molar-refractivity contribution >= 4 is 16.9 Å². The van der Waals surface area contributed by atoms with Crippen molar-refractivity contribution in [2.75, 3.05) is 5.75 Å². The molecule has 2 heterocycles. The van der Waals surface area contributed by atoms with Gasteiger partial charge in [-0.25, -0.2) is 0 Å². The molecule has 1 saturated heterocycles. The second-order valence-electron chi connectivity index (χ2n) is 6.00. The highest BCUT2D eigenvalue weighted by Crippen LogP contribution is 2.31. The molecule has 1 saturated carbocycles. The highest BCUT2D eigenvalue weighted by Gasteiger charge is 2.30. The molecule has 0 spiro atoms. The minimum atomic E-state index is 0.667. The Kier molecular flexibility index (Phi) is 4.06. The molecule has 1 aliphatic heterocycles. The lowest BCUT2D eigenvalue weighted by atomic mass is 9.86. The van der Waals surface area contributed by atoms with Crippen molar-refractivity contribution in [3.63, 3.8) is 0 Å². The third kappa shape index (κ3) is 2.73. The minimum absolute atomic E-state index is 0.667. The van der Waals surface area contributed by atoms with E-state index in [0.29, 0.717) is 6.04 Å². The third-order valence-corrected chi connectivity index (χ3v) is 5.81. The molecule has 20 heavy (non-hydrogen) atoms. The minimum Gasteiger partial charge on any atom is -0.362 e. The predicted octanol–water partition coefficient (Wildman–Crippen LogP) is 2.79. The summed E-state index contributed by atoms with van der Waals surface area (Å²) in [4.78, 5) is 4.79. The van der Waals surface area contributed by atoms with Crippen molar-refractivity contribution in [2.24, 2.45) is 18.0 Å². The standard InChI is InChI=1S/C15H24N4S/c1-10-13(11(2)19(3)18-10)8-16-15-17-14-7-5-4-6-12(14)9-20-15/h12,14H,4-9H2,1-3H3,(H,16,17). The second-order valence-corrected chi connectivity index (χ2v) is 7.01. The summed E-state index contributed by atoms with van der Waals surface area (Å²) in [6, 6.07) is 0.667. The molecule has 0 bridgehead atoms. The van der Waals surface area contributed by atoms with Crippen molar-refractivity contribution < 1.29 is 0 Å². The fourth-order valence-electron chi connectivity index (χ4n) is 3.27. The summed E-state index contributed by atoms with van der Waals surface area (Å²) in [5.41, 5.74) is 3.60. The molecule has 2 atom stereocenters. The van der Waals surface area contributed by atoms with Crippen molar-refractivity contribution in [1.29, 1.82) is 0 Å². The van der Waals surface area contributed by atoms with Crippen LogP contribution in [0.3, 0.4) is 0 Å². The summed E-state index contributed by atoms with van der Waals surface area (Å²) < 4.78 is 1.95. The zero-order chi connectivity index (χ0) is 14.1. The van der Waals surface area contributed by atoms with Crippen LogP contribution in [0.25, 0.3) is 0 Å². The van der Waals surface area contributed by atoms with E-state index in [-0.39, 0.29) is 0 Å². The molecule has 1 N–H and O–H groups in total. The number of hydrogen-bond donors (Lipinski definition) is 1. The zero-order valence-corrected chi connectivity index (χ0v) is 13.5. The summed E-state index contributed by atoms with van der Waals surface area (Å²) in [7, 11) is 2.00. The Bertz CT molecular complexity index is 520. The first-order valence-electron chi connectivity index (χ1n) is 7.58. The molecular weight excluding hydrogens is 268 g/mol. The molecule has 0 radical (unpaired) electrons. The van der Waals surface area contributed by atoms with Crippen LogP contribution in [0.1, 0.15) is 42.6 Å². The molecule has 1 aromatic heterocycles. The maximum atomic E-state index is 4.79. The van der Waals surface area contributed by atoms with Gasteiger partial charge in [0.25, 0.3) is 0 Å². The van der Waals surface area contributed by atoms with Gasteiger partial charge in [-0.15, -0.1) is 0 Å². The number of hydrogen-bond acceptors (Lipinski definition) is 3. The van der Waals surface area contributed by atoms with E-state index in [4.69, 9.17) is 4.99 Å². The van der Waals surface area contributed by atoms with E-state index in [1.54, 1.807) is 0 Å². The number of rotatable bonds is 2. The van der Waals surface area contributed by atoms with E-state index in [9.17, 15) is 0 Å². The third-order valence-electron chi connectivity index (χ3n) is 4.69. The Labute approximate surface area is 125 Å². The lowest BCUT2D eigenvalue weighted by molar-refractivity contribution is 0.311. The van der Waals surface area contributed by atoms with E-state index in [1.165, 1.54) is 42.7 Å². The highest BCUT2D eigenvalue weighted by molar-refractivity contribution is 8.13. The zero-order valence-electron chi connectivity index (χ0n) is 12.6. The van der Waals surface area contributed by atoms with Crippen LogP contribution in [0.4, 0.5) is 0 Å². The van der Waals surface area contributed by atoms with Crippen molar-refractivity contribution in [3.8, 4) is 0 Å². The van der Waals surface area contributed by atoms with Crippen LogP contribution in [-0.4, -0.2) is 26.7 Å². The van der Waals surface area contributed by atoms with Crippen molar-refractivity contribution in [1.82, 2.24) is 15.1 Å². The summed E-state index contributed by atoms with van der Waals surface area (Å²) in [6.07, 6.45) is 5.48. The Morgan fingerprint density at radius 2 is 2.15 bits per heavy atom. The van der Waals surface area contributed by atoms with Crippen LogP contribution >= 0.6 is 11.8 Å². The number of nitrogens with zero attached hydrogens (tertiary/aromatic N) is 3. The lowest BCUT2D eigenvalue weighted by Gasteiger charge is -2.36. The Hall–Kier alpha value is -0.970. The number of aryl methyl sites for hydroxylation is 2. The largest absolute Gasteiger partial charge is 0.362 e. The van der Waals surface area contributed by atoms with Gasteiger partial charge in [0.15, 0.2) is 5.17 Å². The molecule has 2 unspecified atom stereocenters. The smallest absolute Gasteiger partial charge is 0.157 e. The van der Waals surface area contributed by atoms with Gasteiger partial charge in [0.2, 0.25) is 0 Å². The van der Waals surface area contributed by atoms with E-state index in [1.807, 2.05) is 23.5 Å². The number of aliphatic imine (C=N–C) groups is 1. The molecule has 5 heteroatoms. The van der Waals surface area contributed by atoms with Gasteiger partial charge in [0.1, 0.15) is 0 Å². The SMILES string of the molecule is Cc1nn(C)c(C)c1CN=C1NC2CCCCC2CS1. The summed E-state index contributed by atoms with van der Waals surface area (Å²) >= 11 is 1.90. The quantitative estimate of drug-likeness (QED) is 0.911. The summed E-state index contributed by atoms with van der Waals surface area (Å²) in [5, 5.41) is 9.25. The van der Waals surface area contributed by atoms with E-state index in [2.05, 4.69) is 24.3 Å². The molecule has 2 aliphatic rings. The summed E-state index contributed by atoms with van der Waals surface area (Å²) in [6.45, 7) is 4.94. The molecule has 110 valence electrons. The average Bonchev–Trinajstić information content (AvgIpc) is 2.70. The highest BCUT2D eigenvalue weighted by atomic mass is 32.2. The van der Waals surface area contributed by atoms with Crippen LogP contribution in [0.15, 0.2) is 4.99 Å². The van der Waals surface area contributed by atoms with Crippen LogP contribution in [-0.2, 0) is 13.6 Å². The molecule has 2 fully saturated rings. The normalized spacial score (nSPS) is 28.2. The molecule has 0 amide bonds. The number of fused-ring (bicyclic) bond motifs is 1. The molecule has 1 aromatic rings. The second kappa shape index (κ2) is 5.80. The predicted molar refractivity (Wildman–Crippen MR) is 85.2 cm³/mol. The van der Waals surface area contributed by atoms with Gasteiger partial charge in [-0.3, -0.25) is 9.67 Å². The van der Waals surface area contributed by atoms with Gasteiger partial charge in [-0.05, 0) is 32.6 Å². The van der Waals surface area contributed by atoms with Crippen molar-refractivity contribution in [2.45, 2.75) is 52.1 Å². The van der Waals surface area contributed by atoms with Gasteiger partial charge in [-0.1, -0.05) is 24.6 Å². The fraction of sp³-hybridized carbons (Fsp3) is 0.733. The first-order valence-corrected chi connectivity index (χ1v) is 8.56. The average molecular weight is 292 g/mol. The number of amidine groups is 1. The van der Waals surface area contributed by atoms with Crippen molar-refractivity contribution in [3.05, 3.63) is 17.0 Å². The molecular formula is C15H24N4S. The van der Waals surface area contributed by atoms with Gasteiger partial charge in [0.05, 0.1) is 12.2 Å². The molecule has 4 nitrogen and oxygen atoms in total. The Morgan fingerprint density at radius 1 is 1.35 bits per heavy atom. The fourth-order valence-corrected chi connectivity index (χ4v) is 4.43. The van der Waals surface area contributed by atoms with Gasteiger partial charge in [-0.2, -0.15) is 5.10 Å².